The molecular weight excluding hydrogens is 350 g/mol. The largest absolute Gasteiger partial charge is 0.478 e. The summed E-state index contributed by atoms with van der Waals surface area (Å²) in [7, 11) is 4.19. The fourth-order valence-electron chi connectivity index (χ4n) is 3.67. The van der Waals surface area contributed by atoms with Gasteiger partial charge in [0.2, 0.25) is 5.88 Å². The highest BCUT2D eigenvalue weighted by atomic mass is 16.5. The van der Waals surface area contributed by atoms with Gasteiger partial charge in [0.1, 0.15) is 5.69 Å². The van der Waals surface area contributed by atoms with Crippen molar-refractivity contribution in [1.82, 2.24) is 24.6 Å². The molecule has 3 aromatic rings. The Kier molecular flexibility index (Phi) is 5.67. The maximum atomic E-state index is 5.92. The van der Waals surface area contributed by atoms with Gasteiger partial charge in [-0.05, 0) is 70.1 Å². The van der Waals surface area contributed by atoms with E-state index in [-0.39, 0.29) is 0 Å². The van der Waals surface area contributed by atoms with E-state index >= 15 is 0 Å². The number of aryl methyl sites for hydroxylation is 1. The molecule has 0 saturated heterocycles. The van der Waals surface area contributed by atoms with Gasteiger partial charge in [-0.25, -0.2) is 4.98 Å². The summed E-state index contributed by atoms with van der Waals surface area (Å²) in [5.41, 5.74) is 5.39. The molecule has 28 heavy (non-hydrogen) atoms. The number of unbranched alkanes of at least 4 members (excludes halogenated alkanes) is 1. The highest BCUT2D eigenvalue weighted by molar-refractivity contribution is 5.81. The fourth-order valence-corrected chi connectivity index (χ4v) is 3.67. The first-order valence-electron chi connectivity index (χ1n) is 9.97. The molecule has 1 aliphatic rings. The molecule has 0 amide bonds. The lowest BCUT2D eigenvalue weighted by molar-refractivity contribution is 0.284. The summed E-state index contributed by atoms with van der Waals surface area (Å²) in [5, 5.41) is 4.86. The second kappa shape index (κ2) is 8.52. The number of pyridine rings is 2. The molecule has 6 heteroatoms. The summed E-state index contributed by atoms with van der Waals surface area (Å²) in [6.45, 7) is 2.73. The normalized spacial score (nSPS) is 13.1. The van der Waals surface area contributed by atoms with Gasteiger partial charge in [0, 0.05) is 36.3 Å². The van der Waals surface area contributed by atoms with Crippen LogP contribution >= 0.6 is 0 Å². The van der Waals surface area contributed by atoms with Crippen molar-refractivity contribution in [3.63, 3.8) is 0 Å². The van der Waals surface area contributed by atoms with Crippen molar-refractivity contribution in [3.05, 3.63) is 48.4 Å². The van der Waals surface area contributed by atoms with E-state index in [1.54, 1.807) is 0 Å². The number of fused-ring (bicyclic) bond motifs is 1. The lowest BCUT2D eigenvalue weighted by atomic mass is 10.0. The third-order valence-corrected chi connectivity index (χ3v) is 5.02. The average Bonchev–Trinajstić information content (AvgIpc) is 3.29. The van der Waals surface area contributed by atoms with Crippen molar-refractivity contribution < 1.29 is 4.74 Å². The van der Waals surface area contributed by atoms with Gasteiger partial charge in [-0.1, -0.05) is 6.07 Å². The van der Waals surface area contributed by atoms with Crippen LogP contribution in [0, 0.1) is 0 Å². The number of nitrogens with zero attached hydrogens (tertiary/aromatic N) is 5. The Morgan fingerprint density at radius 2 is 2.04 bits per heavy atom. The van der Waals surface area contributed by atoms with Crippen molar-refractivity contribution in [2.24, 2.45) is 0 Å². The van der Waals surface area contributed by atoms with Gasteiger partial charge in [-0.15, -0.1) is 0 Å². The van der Waals surface area contributed by atoms with Crippen LogP contribution in [-0.4, -0.2) is 51.9 Å². The lowest BCUT2D eigenvalue weighted by Gasteiger charge is -2.10. The molecule has 0 spiro atoms. The molecule has 0 bridgehead atoms. The van der Waals surface area contributed by atoms with Crippen LogP contribution in [0.15, 0.2) is 42.7 Å². The van der Waals surface area contributed by atoms with Gasteiger partial charge in [-0.3, -0.25) is 9.67 Å². The first kappa shape index (κ1) is 18.6. The number of rotatable bonds is 8. The van der Waals surface area contributed by atoms with Crippen LogP contribution in [0.25, 0.3) is 22.5 Å². The zero-order valence-corrected chi connectivity index (χ0v) is 16.6. The third kappa shape index (κ3) is 4.07. The van der Waals surface area contributed by atoms with E-state index < -0.39 is 0 Å². The highest BCUT2D eigenvalue weighted by Crippen LogP contribution is 2.37. The Hall–Kier alpha value is -2.73. The van der Waals surface area contributed by atoms with Crippen LogP contribution < -0.4 is 4.74 Å². The molecule has 0 aliphatic carbocycles. The number of aromatic nitrogens is 4. The second-order valence-corrected chi connectivity index (χ2v) is 7.45. The van der Waals surface area contributed by atoms with E-state index in [1.807, 2.05) is 42.7 Å². The van der Waals surface area contributed by atoms with E-state index in [1.165, 1.54) is 5.69 Å². The zero-order valence-electron chi connectivity index (χ0n) is 16.6. The standard InChI is InChI=1S/C22H27N5O/c1-26(2)13-5-6-15-28-20-16-17(10-12-24-20)21-19-9-7-14-27(19)25-22(21)18-8-3-4-11-23-18/h3-4,8,10-12,16H,5-7,9,13-15H2,1-2H3. The van der Waals surface area contributed by atoms with Crippen LogP contribution in [0.4, 0.5) is 0 Å². The van der Waals surface area contributed by atoms with Crippen molar-refractivity contribution >= 4 is 0 Å². The minimum absolute atomic E-state index is 0.673. The number of hydrogen-bond donors (Lipinski definition) is 0. The Morgan fingerprint density at radius 1 is 1.11 bits per heavy atom. The van der Waals surface area contributed by atoms with Crippen LogP contribution in [0.2, 0.25) is 0 Å². The molecule has 0 N–H and O–H groups in total. The molecule has 4 heterocycles. The monoisotopic (exact) mass is 377 g/mol. The summed E-state index contributed by atoms with van der Waals surface area (Å²) in [6, 6.07) is 10.0. The first-order valence-corrected chi connectivity index (χ1v) is 9.97. The number of hydrogen-bond acceptors (Lipinski definition) is 5. The minimum Gasteiger partial charge on any atom is -0.478 e. The topological polar surface area (TPSA) is 56.1 Å². The molecule has 1 aliphatic heterocycles. The molecule has 3 aromatic heterocycles. The van der Waals surface area contributed by atoms with Gasteiger partial charge in [0.15, 0.2) is 0 Å². The fraction of sp³-hybridized carbons (Fsp3) is 0.409. The quantitative estimate of drug-likeness (QED) is 0.561. The molecule has 0 unspecified atom stereocenters. The van der Waals surface area contributed by atoms with Crippen LogP contribution in [0.3, 0.4) is 0 Å². The van der Waals surface area contributed by atoms with Gasteiger partial charge >= 0.3 is 0 Å². The van der Waals surface area contributed by atoms with Gasteiger partial charge in [-0.2, -0.15) is 5.10 Å². The third-order valence-electron chi connectivity index (χ3n) is 5.02. The molecule has 4 rings (SSSR count). The van der Waals surface area contributed by atoms with E-state index in [2.05, 4.69) is 33.6 Å². The molecule has 0 atom stereocenters. The van der Waals surface area contributed by atoms with Crippen molar-refractivity contribution in [2.45, 2.75) is 32.2 Å². The Balaban J connectivity index is 1.58. The van der Waals surface area contributed by atoms with E-state index in [9.17, 15) is 0 Å². The first-order chi connectivity index (χ1) is 13.7. The van der Waals surface area contributed by atoms with Crippen LogP contribution in [0.5, 0.6) is 5.88 Å². The summed E-state index contributed by atoms with van der Waals surface area (Å²) in [6.07, 6.45) is 7.96. The summed E-state index contributed by atoms with van der Waals surface area (Å²) >= 11 is 0. The Morgan fingerprint density at radius 3 is 2.86 bits per heavy atom. The summed E-state index contributed by atoms with van der Waals surface area (Å²) in [5.74, 6) is 0.673. The summed E-state index contributed by atoms with van der Waals surface area (Å²) < 4.78 is 8.05. The van der Waals surface area contributed by atoms with Gasteiger partial charge < -0.3 is 9.64 Å². The molecule has 0 aromatic carbocycles. The van der Waals surface area contributed by atoms with Gasteiger partial charge in [0.25, 0.3) is 0 Å². The van der Waals surface area contributed by atoms with E-state index in [4.69, 9.17) is 9.84 Å². The predicted molar refractivity (Wildman–Crippen MR) is 110 cm³/mol. The maximum absolute atomic E-state index is 5.92. The minimum atomic E-state index is 0.673. The van der Waals surface area contributed by atoms with Crippen molar-refractivity contribution in [3.8, 4) is 28.4 Å². The smallest absolute Gasteiger partial charge is 0.213 e. The van der Waals surface area contributed by atoms with Crippen molar-refractivity contribution in [2.75, 3.05) is 27.2 Å². The number of ether oxygens (including phenoxy) is 1. The molecule has 0 radical (unpaired) electrons. The summed E-state index contributed by atoms with van der Waals surface area (Å²) in [4.78, 5) is 11.1. The molecule has 146 valence electrons. The van der Waals surface area contributed by atoms with Crippen molar-refractivity contribution in [1.29, 1.82) is 0 Å². The Labute approximate surface area is 166 Å². The predicted octanol–water partition coefficient (Wildman–Crippen LogP) is 3.67. The highest BCUT2D eigenvalue weighted by Gasteiger charge is 2.24. The Bertz CT molecular complexity index is 920. The SMILES string of the molecule is CN(C)CCCCOc1cc(-c2c(-c3ccccn3)nn3c2CCC3)ccn1. The lowest BCUT2D eigenvalue weighted by Crippen LogP contribution is -2.13. The zero-order chi connectivity index (χ0) is 19.3. The molecule has 0 saturated carbocycles. The van der Waals surface area contributed by atoms with Crippen LogP contribution in [-0.2, 0) is 13.0 Å². The maximum Gasteiger partial charge on any atom is 0.213 e. The molecular formula is C22H27N5O. The van der Waals surface area contributed by atoms with Gasteiger partial charge in [0.05, 0.1) is 12.3 Å². The van der Waals surface area contributed by atoms with E-state index in [0.29, 0.717) is 12.5 Å². The molecule has 6 nitrogen and oxygen atoms in total. The molecule has 0 fully saturated rings. The van der Waals surface area contributed by atoms with E-state index in [0.717, 1.165) is 61.3 Å². The average molecular weight is 377 g/mol. The van der Waals surface area contributed by atoms with Crippen LogP contribution in [0.1, 0.15) is 25.0 Å². The second-order valence-electron chi connectivity index (χ2n) is 7.45.